The monoisotopic (exact) mass is 376 g/mol. The molecule has 1 aliphatic carbocycles. The van der Waals surface area contributed by atoms with Crippen LogP contribution < -0.4 is 10.7 Å². The third kappa shape index (κ3) is 3.12. The summed E-state index contributed by atoms with van der Waals surface area (Å²) in [5.41, 5.74) is 1.73. The molecule has 0 aromatic carbocycles. The molecule has 4 rings (SSSR count). The molecule has 1 aromatic rings. The smallest absolute Gasteiger partial charge is 0.322 e. The lowest BCUT2D eigenvalue weighted by atomic mass is 9.82. The maximum absolute atomic E-state index is 12.7. The van der Waals surface area contributed by atoms with Gasteiger partial charge in [-0.3, -0.25) is 19.9 Å². The molecule has 1 saturated carbocycles. The molecule has 2 saturated heterocycles. The average Bonchev–Trinajstić information content (AvgIpc) is 3.34. The zero-order valence-corrected chi connectivity index (χ0v) is 15.5. The normalized spacial score (nSPS) is 25.7. The van der Waals surface area contributed by atoms with Gasteiger partial charge in [0.25, 0.3) is 11.8 Å². The second kappa shape index (κ2) is 7.00. The van der Waals surface area contributed by atoms with Gasteiger partial charge in [-0.15, -0.1) is 11.3 Å². The molecular weight excluding hydrogens is 352 g/mol. The van der Waals surface area contributed by atoms with Crippen molar-refractivity contribution >= 4 is 29.2 Å². The Morgan fingerprint density at radius 3 is 2.81 bits per heavy atom. The lowest BCUT2D eigenvalue weighted by Crippen LogP contribution is -2.52. The minimum Gasteiger partial charge on any atom is -0.322 e. The van der Waals surface area contributed by atoms with Crippen LogP contribution in [-0.4, -0.2) is 46.4 Å². The van der Waals surface area contributed by atoms with Gasteiger partial charge in [-0.05, 0) is 43.7 Å². The first kappa shape index (κ1) is 17.5. The molecule has 4 amide bonds. The van der Waals surface area contributed by atoms with Crippen LogP contribution in [0.3, 0.4) is 0 Å². The molecule has 3 aliphatic rings. The lowest BCUT2D eigenvalue weighted by Gasteiger charge is -2.30. The highest BCUT2D eigenvalue weighted by Crippen LogP contribution is 2.35. The fourth-order valence-electron chi connectivity index (χ4n) is 4.38. The summed E-state index contributed by atoms with van der Waals surface area (Å²) >= 11 is 1.70. The maximum Gasteiger partial charge on any atom is 0.344 e. The van der Waals surface area contributed by atoms with E-state index in [9.17, 15) is 14.4 Å². The fourth-order valence-corrected chi connectivity index (χ4v) is 5.27. The molecule has 0 bridgehead atoms. The predicted molar refractivity (Wildman–Crippen MR) is 97.2 cm³/mol. The standard InChI is InChI=1S/C18H24N4O3S/c23-15(12-21-10-4-6-13(21)14-7-5-11-26-14)20-22-16(24)18(19-17(22)25)8-2-1-3-9-18/h5,7,11,13H,1-4,6,8-10,12H2,(H,19,25)(H,20,23)/t13-/m0/s1. The van der Waals surface area contributed by atoms with Crippen LogP contribution in [0.4, 0.5) is 4.79 Å². The van der Waals surface area contributed by atoms with Crippen molar-refractivity contribution in [3.63, 3.8) is 0 Å². The van der Waals surface area contributed by atoms with Crippen molar-refractivity contribution in [1.82, 2.24) is 20.7 Å². The highest BCUT2D eigenvalue weighted by atomic mass is 32.1. The van der Waals surface area contributed by atoms with E-state index in [0.717, 1.165) is 43.7 Å². The third-order valence-electron chi connectivity index (χ3n) is 5.69. The highest BCUT2D eigenvalue weighted by molar-refractivity contribution is 7.10. The number of carbonyl (C=O) groups excluding carboxylic acids is 3. The number of hydrogen-bond donors (Lipinski definition) is 2. The number of likely N-dealkylation sites (tertiary alicyclic amines) is 1. The Bertz CT molecular complexity index is 699. The molecule has 1 aromatic heterocycles. The van der Waals surface area contributed by atoms with Crippen LogP contribution in [0.25, 0.3) is 0 Å². The van der Waals surface area contributed by atoms with Crippen molar-refractivity contribution in [3.8, 4) is 0 Å². The number of imide groups is 1. The molecular formula is C18H24N4O3S. The number of nitrogens with one attached hydrogen (secondary N) is 2. The first-order valence-electron chi connectivity index (χ1n) is 9.33. The summed E-state index contributed by atoms with van der Waals surface area (Å²) in [5, 5.41) is 5.75. The van der Waals surface area contributed by atoms with Crippen molar-refractivity contribution in [3.05, 3.63) is 22.4 Å². The van der Waals surface area contributed by atoms with Crippen LogP contribution in [0.1, 0.15) is 55.9 Å². The summed E-state index contributed by atoms with van der Waals surface area (Å²) in [5.74, 6) is -0.628. The second-order valence-electron chi connectivity index (χ2n) is 7.39. The van der Waals surface area contributed by atoms with E-state index in [0.29, 0.717) is 12.8 Å². The minimum atomic E-state index is -0.810. The molecule has 26 heavy (non-hydrogen) atoms. The number of nitrogens with zero attached hydrogens (tertiary/aromatic N) is 2. The fraction of sp³-hybridized carbons (Fsp3) is 0.611. The molecule has 8 heteroatoms. The summed E-state index contributed by atoms with van der Waals surface area (Å²) < 4.78 is 0. The van der Waals surface area contributed by atoms with Crippen molar-refractivity contribution in [2.24, 2.45) is 0 Å². The Kier molecular flexibility index (Phi) is 4.71. The van der Waals surface area contributed by atoms with E-state index in [2.05, 4.69) is 21.7 Å². The van der Waals surface area contributed by atoms with Gasteiger partial charge in [0.1, 0.15) is 5.54 Å². The molecule has 0 unspecified atom stereocenters. The van der Waals surface area contributed by atoms with Crippen molar-refractivity contribution < 1.29 is 14.4 Å². The topological polar surface area (TPSA) is 81.8 Å². The minimum absolute atomic E-state index is 0.187. The molecule has 0 radical (unpaired) electrons. The van der Waals surface area contributed by atoms with Gasteiger partial charge in [0.05, 0.1) is 6.54 Å². The number of rotatable bonds is 4. The van der Waals surface area contributed by atoms with Crippen molar-refractivity contribution in [2.75, 3.05) is 13.1 Å². The zero-order valence-electron chi connectivity index (χ0n) is 14.7. The molecule has 140 valence electrons. The predicted octanol–water partition coefficient (Wildman–Crippen LogP) is 2.17. The first-order chi connectivity index (χ1) is 12.6. The summed E-state index contributed by atoms with van der Waals surface area (Å²) in [7, 11) is 0. The maximum atomic E-state index is 12.7. The van der Waals surface area contributed by atoms with E-state index in [1.165, 1.54) is 4.88 Å². The molecule has 3 fully saturated rings. The molecule has 1 atom stereocenters. The van der Waals surface area contributed by atoms with Gasteiger partial charge >= 0.3 is 6.03 Å². The van der Waals surface area contributed by atoms with Crippen LogP contribution in [0, 0.1) is 0 Å². The summed E-state index contributed by atoms with van der Waals surface area (Å²) in [6.07, 6.45) is 6.29. The summed E-state index contributed by atoms with van der Waals surface area (Å²) in [6, 6.07) is 3.85. The molecule has 2 N–H and O–H groups in total. The van der Waals surface area contributed by atoms with Gasteiger partial charge in [0.15, 0.2) is 0 Å². The largest absolute Gasteiger partial charge is 0.344 e. The van der Waals surface area contributed by atoms with Gasteiger partial charge < -0.3 is 5.32 Å². The third-order valence-corrected chi connectivity index (χ3v) is 6.66. The Labute approximate surface area is 156 Å². The number of carbonyl (C=O) groups is 3. The Hall–Kier alpha value is -1.93. The first-order valence-corrected chi connectivity index (χ1v) is 10.2. The van der Waals surface area contributed by atoms with Gasteiger partial charge in [0, 0.05) is 10.9 Å². The van der Waals surface area contributed by atoms with E-state index in [-0.39, 0.29) is 24.4 Å². The lowest BCUT2D eigenvalue weighted by molar-refractivity contribution is -0.140. The number of hydrazine groups is 1. The van der Waals surface area contributed by atoms with Crippen LogP contribution in [0.2, 0.25) is 0 Å². The van der Waals surface area contributed by atoms with Gasteiger partial charge in [-0.25, -0.2) is 4.79 Å². The molecule has 3 heterocycles. The molecule has 7 nitrogen and oxygen atoms in total. The molecule has 2 aliphatic heterocycles. The van der Waals surface area contributed by atoms with Crippen LogP contribution in [-0.2, 0) is 9.59 Å². The number of thiophene rings is 1. The van der Waals surface area contributed by atoms with Gasteiger partial charge in [0.2, 0.25) is 0 Å². The van der Waals surface area contributed by atoms with E-state index >= 15 is 0 Å². The SMILES string of the molecule is O=C(CN1CCC[C@H]1c1cccs1)NN1C(=O)NC2(CCCCC2)C1=O. The Morgan fingerprint density at radius 2 is 2.08 bits per heavy atom. The summed E-state index contributed by atoms with van der Waals surface area (Å²) in [6.45, 7) is 1.03. The van der Waals surface area contributed by atoms with Gasteiger partial charge in [-0.2, -0.15) is 5.01 Å². The summed E-state index contributed by atoms with van der Waals surface area (Å²) in [4.78, 5) is 40.9. The van der Waals surface area contributed by atoms with Gasteiger partial charge in [-0.1, -0.05) is 25.3 Å². The van der Waals surface area contributed by atoms with E-state index < -0.39 is 11.6 Å². The van der Waals surface area contributed by atoms with Crippen molar-refractivity contribution in [2.45, 2.75) is 56.5 Å². The number of urea groups is 1. The second-order valence-corrected chi connectivity index (χ2v) is 8.37. The number of hydrogen-bond acceptors (Lipinski definition) is 5. The highest BCUT2D eigenvalue weighted by Gasteiger charge is 2.52. The molecule has 1 spiro atoms. The van der Waals surface area contributed by atoms with Crippen molar-refractivity contribution in [1.29, 1.82) is 0 Å². The van der Waals surface area contributed by atoms with Crippen LogP contribution >= 0.6 is 11.3 Å². The quantitative estimate of drug-likeness (QED) is 0.789. The van der Waals surface area contributed by atoms with E-state index in [1.807, 2.05) is 11.4 Å². The van der Waals surface area contributed by atoms with E-state index in [4.69, 9.17) is 0 Å². The van der Waals surface area contributed by atoms with Crippen LogP contribution in [0.5, 0.6) is 0 Å². The Balaban J connectivity index is 1.39. The zero-order chi connectivity index (χ0) is 18.1. The Morgan fingerprint density at radius 1 is 1.27 bits per heavy atom. The average molecular weight is 376 g/mol. The van der Waals surface area contributed by atoms with Crippen LogP contribution in [0.15, 0.2) is 17.5 Å². The van der Waals surface area contributed by atoms with E-state index in [1.54, 1.807) is 11.3 Å². The number of amides is 4.